The van der Waals surface area contributed by atoms with E-state index in [4.69, 9.17) is 20.6 Å². The van der Waals surface area contributed by atoms with Crippen molar-refractivity contribution in [3.63, 3.8) is 0 Å². The van der Waals surface area contributed by atoms with E-state index in [0.717, 1.165) is 48.5 Å². The molecule has 0 bridgehead atoms. The fraction of sp³-hybridized carbons (Fsp3) is 0.378. The zero-order chi connectivity index (χ0) is 53.2. The number of thioether (sulfide) groups is 1. The highest BCUT2D eigenvalue weighted by Gasteiger charge is 2.30. The number of fused-ring (bicyclic) bond motifs is 1. The number of benzene rings is 3. The van der Waals surface area contributed by atoms with E-state index < -0.39 is 149 Å². The molecular formula is C37H40F4N4O2S. The van der Waals surface area contributed by atoms with Crippen molar-refractivity contribution in [3.8, 4) is 11.1 Å². The van der Waals surface area contributed by atoms with Gasteiger partial charge in [0.25, 0.3) is 5.56 Å². The largest absolute Gasteiger partial charge is 0.416 e. The minimum atomic E-state index is -4.72. The molecule has 0 saturated carbocycles. The molecule has 0 spiro atoms. The van der Waals surface area contributed by atoms with Crippen LogP contribution in [-0.4, -0.2) is 51.2 Å². The van der Waals surface area contributed by atoms with Crippen molar-refractivity contribution in [2.45, 2.75) is 63.6 Å². The molecule has 1 atom stereocenters. The first-order valence-corrected chi connectivity index (χ1v) is 14.8. The number of rotatable bonds is 13. The predicted octanol–water partition coefficient (Wildman–Crippen LogP) is 7.47. The van der Waals surface area contributed by atoms with E-state index in [1.54, 1.807) is 0 Å². The second kappa shape index (κ2) is 15.5. The van der Waals surface area contributed by atoms with E-state index in [0.29, 0.717) is 20.8 Å². The van der Waals surface area contributed by atoms with Gasteiger partial charge in [-0.15, -0.1) is 0 Å². The van der Waals surface area contributed by atoms with Gasteiger partial charge >= 0.3 is 6.18 Å². The molecule has 11 heteroatoms. The molecule has 5 rings (SSSR count). The molecule has 0 saturated heterocycles. The van der Waals surface area contributed by atoms with Gasteiger partial charge in [-0.05, 0) is 78.1 Å². The number of halogens is 4. The van der Waals surface area contributed by atoms with Gasteiger partial charge < -0.3 is 14.4 Å². The first-order chi connectivity index (χ1) is 30.9. The number of hydrogen-bond donors (Lipinski definition) is 0. The Bertz CT molecular complexity index is 2700. The molecule has 1 aliphatic rings. The molecule has 6 nitrogen and oxygen atoms in total. The second-order valence-corrected chi connectivity index (χ2v) is 10.7. The Hall–Kier alpha value is -3.96. The van der Waals surface area contributed by atoms with Crippen LogP contribution < -0.4 is 5.56 Å². The highest BCUT2D eigenvalue weighted by Crippen LogP contribution is 2.32. The van der Waals surface area contributed by atoms with Crippen molar-refractivity contribution in [1.82, 2.24) is 19.4 Å². The molecule has 1 unspecified atom stereocenters. The Labute approximate surface area is 312 Å². The van der Waals surface area contributed by atoms with Gasteiger partial charge in [-0.25, -0.2) is 4.39 Å². The number of amides is 1. The Morgan fingerprint density at radius 2 is 1.65 bits per heavy atom. The van der Waals surface area contributed by atoms with E-state index in [2.05, 4.69) is 4.98 Å². The quantitative estimate of drug-likeness (QED) is 0.0823. The highest BCUT2D eigenvalue weighted by molar-refractivity contribution is 7.98. The van der Waals surface area contributed by atoms with Crippen LogP contribution >= 0.6 is 11.8 Å². The standard InChI is InChI=1S/C37H40F4N4O2S/c1-4-43(5-2)18-19-44(22-26-6-10-28(11-7-26)29-12-14-30(15-13-29)37(39,40)41)34(46)23-45-33-21-25(3)20-32(33)35(47)42-36(45)48-24-27-8-16-31(38)17-9-27/h6-17,25H,4-5,18-24H2,1-3H3/i4D2,5D2,8D,9D,16D,17D,18D2,19D2,20D2,21D2,22D2,23D2,25D. The number of alkyl halides is 3. The van der Waals surface area contributed by atoms with E-state index in [-0.39, 0.29) is 32.4 Å². The Kier molecular flexibility index (Phi) is 5.53. The Morgan fingerprint density at radius 3 is 2.25 bits per heavy atom. The van der Waals surface area contributed by atoms with Crippen LogP contribution in [0.5, 0.6) is 0 Å². The first kappa shape index (κ1) is 17.1. The van der Waals surface area contributed by atoms with Gasteiger partial charge in [0.1, 0.15) is 12.3 Å². The lowest BCUT2D eigenvalue weighted by Crippen LogP contribution is -2.40. The summed E-state index contributed by atoms with van der Waals surface area (Å²) in [4.78, 5) is 31.6. The molecule has 1 amide bonds. The van der Waals surface area contributed by atoms with Crippen LogP contribution in [0.2, 0.25) is 0 Å². The molecule has 0 fully saturated rings. The van der Waals surface area contributed by atoms with Gasteiger partial charge in [-0.3, -0.25) is 9.59 Å². The number of carbonyl (C=O) groups is 1. The fourth-order valence-electron chi connectivity index (χ4n) is 4.18. The smallest absolute Gasteiger partial charge is 0.336 e. The molecule has 4 aromatic rings. The lowest BCUT2D eigenvalue weighted by Gasteiger charge is -2.28. The van der Waals surface area contributed by atoms with Crippen molar-refractivity contribution >= 4 is 17.7 Å². The van der Waals surface area contributed by atoms with Crippen LogP contribution in [0, 0.1) is 11.7 Å². The van der Waals surface area contributed by atoms with Gasteiger partial charge in [0.05, 0.1) is 19.3 Å². The molecule has 0 aliphatic heterocycles. The van der Waals surface area contributed by atoms with Gasteiger partial charge in [-0.2, -0.15) is 18.2 Å². The Morgan fingerprint density at radius 1 is 1.02 bits per heavy atom. The van der Waals surface area contributed by atoms with Crippen molar-refractivity contribution in [2.75, 3.05) is 26.0 Å². The topological polar surface area (TPSA) is 58.4 Å². The molecule has 254 valence electrons. The summed E-state index contributed by atoms with van der Waals surface area (Å²) in [5.41, 5.74) is -6.79. The van der Waals surface area contributed by atoms with E-state index in [1.165, 1.54) is 0 Å². The maximum Gasteiger partial charge on any atom is 0.416 e. The van der Waals surface area contributed by atoms with Crippen molar-refractivity contribution in [2.24, 2.45) is 5.89 Å². The summed E-state index contributed by atoms with van der Waals surface area (Å²) in [6.07, 6.45) is -11.7. The van der Waals surface area contributed by atoms with Crippen LogP contribution in [0.4, 0.5) is 17.6 Å². The third-order valence-electron chi connectivity index (χ3n) is 6.48. The monoisotopic (exact) mass is 701 g/mol. The average molecular weight is 702 g/mol. The molecule has 1 aliphatic carbocycles. The molecule has 1 aromatic heterocycles. The number of aromatic nitrogens is 2. The van der Waals surface area contributed by atoms with Gasteiger partial charge in [-0.1, -0.05) is 81.0 Å². The molecule has 0 radical (unpaired) electrons. The minimum absolute atomic E-state index is 0.0494. The van der Waals surface area contributed by atoms with Crippen LogP contribution in [0.25, 0.3) is 11.1 Å². The maximum absolute atomic E-state index is 15.3. The molecular weight excluding hydrogens is 640 g/mol. The van der Waals surface area contributed by atoms with Gasteiger partial charge in [0.2, 0.25) is 5.91 Å². The molecule has 0 N–H and O–H groups in total. The zero-order valence-electron chi connectivity index (χ0n) is 46.4. The van der Waals surface area contributed by atoms with Crippen molar-refractivity contribution < 1.29 is 51.1 Å². The van der Waals surface area contributed by atoms with E-state index in [9.17, 15) is 30.6 Å². The number of nitrogens with zero attached hydrogens (tertiary/aromatic N) is 4. The summed E-state index contributed by atoms with van der Waals surface area (Å²) in [7, 11) is 0. The number of likely N-dealkylation sites (N-methyl/N-ethyl adjacent to an activating group) is 1. The van der Waals surface area contributed by atoms with E-state index in [1.807, 2.05) is 0 Å². The summed E-state index contributed by atoms with van der Waals surface area (Å²) in [6.45, 7) is -21.7. The average Bonchev–Trinajstić information content (AvgIpc) is 3.30. The summed E-state index contributed by atoms with van der Waals surface area (Å²) >= 11 is 0.0494. The lowest BCUT2D eigenvalue weighted by atomic mass is 10.0. The fourth-order valence-corrected chi connectivity index (χ4v) is 5.01. The normalized spacial score (nSPS) is 26.2. The van der Waals surface area contributed by atoms with Crippen molar-refractivity contribution in [1.29, 1.82) is 0 Å². The third-order valence-corrected chi connectivity index (χ3v) is 7.44. The van der Waals surface area contributed by atoms with Crippen LogP contribution in [0.3, 0.4) is 0 Å². The van der Waals surface area contributed by atoms with Crippen LogP contribution in [0.1, 0.15) is 77.5 Å². The minimum Gasteiger partial charge on any atom is -0.336 e. The zero-order valence-corrected chi connectivity index (χ0v) is 26.2. The lowest BCUT2D eigenvalue weighted by molar-refractivity contribution is -0.137. The summed E-state index contributed by atoms with van der Waals surface area (Å²) in [5, 5.41) is -1.20. The van der Waals surface area contributed by atoms with Crippen LogP contribution in [-0.2, 0) is 42.5 Å². The first-order valence-electron chi connectivity index (χ1n) is 24.4. The summed E-state index contributed by atoms with van der Waals surface area (Å²) in [5.74, 6) is -8.20. The third kappa shape index (κ3) is 8.73. The molecule has 1 heterocycles. The maximum atomic E-state index is 15.3. The second-order valence-electron chi connectivity index (χ2n) is 9.74. The Balaban J connectivity index is 1.85. The molecule has 3 aromatic carbocycles. The predicted molar refractivity (Wildman–Crippen MR) is 181 cm³/mol. The summed E-state index contributed by atoms with van der Waals surface area (Å²) < 4.78 is 238. The SMILES string of the molecule is [2H]c1c([2H])c(CSc2nc(=O)c3c(n2C([2H])([2H])C(=O)N(C([2H])([2H])c2ccc(-c4ccc(C(F)(F)F)cc4)cc2)C([2H])([2H])C([2H])([2H])N(C([2H])([2H])C)C([2H])([2H])C)C([2H])([2H])C([2H])(C)C3([2H])[2H])c([2H])c([2H])c1F. The summed E-state index contributed by atoms with van der Waals surface area (Å²) in [6, 6.07) is 3.00. The van der Waals surface area contributed by atoms with Gasteiger partial charge in [0, 0.05) is 51.6 Å². The highest BCUT2D eigenvalue weighted by atomic mass is 32.2. The van der Waals surface area contributed by atoms with E-state index >= 15 is 4.79 Å². The van der Waals surface area contributed by atoms with Crippen LogP contribution in [0.15, 0.2) is 82.7 Å². The number of hydrogen-bond acceptors (Lipinski definition) is 5. The number of carbonyl (C=O) groups excluding carboxylic acids is 1. The molecule has 48 heavy (non-hydrogen) atoms. The van der Waals surface area contributed by atoms with Gasteiger partial charge in [0.15, 0.2) is 5.16 Å². The van der Waals surface area contributed by atoms with Crippen molar-refractivity contribution in [3.05, 3.63) is 117 Å².